The number of pyridine rings is 1. The number of para-hydroxylation sites is 1. The van der Waals surface area contributed by atoms with Gasteiger partial charge in [0.1, 0.15) is 0 Å². The van der Waals surface area contributed by atoms with Gasteiger partial charge < -0.3 is 14.2 Å². The van der Waals surface area contributed by atoms with E-state index in [0.717, 1.165) is 39.2 Å². The van der Waals surface area contributed by atoms with Gasteiger partial charge in [-0.1, -0.05) is 24.3 Å². The fraction of sp³-hybridized carbons (Fsp3) is 0.304. The van der Waals surface area contributed by atoms with Crippen LogP contribution in [0.3, 0.4) is 0 Å². The summed E-state index contributed by atoms with van der Waals surface area (Å²) in [7, 11) is 2.01. The predicted molar refractivity (Wildman–Crippen MR) is 110 cm³/mol. The van der Waals surface area contributed by atoms with Gasteiger partial charge in [0.15, 0.2) is 11.5 Å². The van der Waals surface area contributed by atoms with Gasteiger partial charge in [0, 0.05) is 18.5 Å². The van der Waals surface area contributed by atoms with Crippen LogP contribution in [-0.2, 0) is 17.8 Å². The van der Waals surface area contributed by atoms with E-state index in [-0.39, 0.29) is 12.8 Å². The van der Waals surface area contributed by atoms with Crippen molar-refractivity contribution >= 4 is 16.9 Å². The van der Waals surface area contributed by atoms with E-state index < -0.39 is 0 Å². The van der Waals surface area contributed by atoms with Gasteiger partial charge in [-0.25, -0.2) is 4.79 Å². The summed E-state index contributed by atoms with van der Waals surface area (Å²) in [6.07, 6.45) is 0. The van der Waals surface area contributed by atoms with Crippen LogP contribution >= 0.6 is 0 Å². The highest BCUT2D eigenvalue weighted by Crippen LogP contribution is 2.33. The van der Waals surface area contributed by atoms with E-state index in [4.69, 9.17) is 19.2 Å². The minimum atomic E-state index is -0.324. The highest BCUT2D eigenvalue weighted by Gasteiger charge is 2.21. The maximum Gasteiger partial charge on any atom is 0.340 e. The quantitative estimate of drug-likeness (QED) is 0.589. The van der Waals surface area contributed by atoms with E-state index in [9.17, 15) is 4.79 Å². The Hall–Kier alpha value is -3.12. The summed E-state index contributed by atoms with van der Waals surface area (Å²) in [5, 5.41) is 0.970. The van der Waals surface area contributed by atoms with Crippen molar-refractivity contribution in [3.05, 3.63) is 64.8 Å². The fourth-order valence-corrected chi connectivity index (χ4v) is 3.69. The van der Waals surface area contributed by atoms with E-state index >= 15 is 0 Å². The maximum atomic E-state index is 12.7. The second kappa shape index (κ2) is 8.09. The Morgan fingerprint density at radius 1 is 1.14 bits per heavy atom. The third kappa shape index (κ3) is 3.89. The molecule has 150 valence electrons. The first kappa shape index (κ1) is 19.2. The number of hydrogen-bond acceptors (Lipinski definition) is 6. The number of aryl methyl sites for hydroxylation is 1. The minimum Gasteiger partial charge on any atom is -0.462 e. The van der Waals surface area contributed by atoms with E-state index in [1.165, 1.54) is 0 Å². The zero-order valence-corrected chi connectivity index (χ0v) is 16.9. The van der Waals surface area contributed by atoms with Crippen LogP contribution in [0, 0.1) is 6.92 Å². The summed E-state index contributed by atoms with van der Waals surface area (Å²) in [6, 6.07) is 13.8. The van der Waals surface area contributed by atoms with Gasteiger partial charge in [-0.15, -0.1) is 0 Å². The van der Waals surface area contributed by atoms with Crippen molar-refractivity contribution in [1.29, 1.82) is 0 Å². The van der Waals surface area contributed by atoms with E-state index in [2.05, 4.69) is 4.90 Å². The third-order valence-corrected chi connectivity index (χ3v) is 5.02. The van der Waals surface area contributed by atoms with Gasteiger partial charge in [0.05, 0.1) is 23.4 Å². The lowest BCUT2D eigenvalue weighted by Gasteiger charge is -2.20. The molecule has 2 aromatic carbocycles. The fourth-order valence-electron chi connectivity index (χ4n) is 3.69. The Balaban J connectivity index is 1.63. The molecule has 0 saturated heterocycles. The van der Waals surface area contributed by atoms with Crippen LogP contribution in [-0.4, -0.2) is 36.3 Å². The number of aromatic nitrogens is 1. The Morgan fingerprint density at radius 3 is 2.76 bits per heavy atom. The van der Waals surface area contributed by atoms with Crippen molar-refractivity contribution < 1.29 is 19.0 Å². The van der Waals surface area contributed by atoms with Crippen molar-refractivity contribution in [3.63, 3.8) is 0 Å². The molecule has 1 aliphatic rings. The normalized spacial score (nSPS) is 12.6. The molecule has 0 aliphatic carbocycles. The van der Waals surface area contributed by atoms with Crippen LogP contribution in [0.5, 0.6) is 11.5 Å². The van der Waals surface area contributed by atoms with Crippen LogP contribution in [0.1, 0.15) is 34.1 Å². The average molecular weight is 392 g/mol. The largest absolute Gasteiger partial charge is 0.462 e. The number of carbonyl (C=O) groups is 1. The molecule has 1 aromatic heterocycles. The van der Waals surface area contributed by atoms with Crippen molar-refractivity contribution in [2.45, 2.75) is 26.9 Å². The monoisotopic (exact) mass is 392 g/mol. The molecule has 3 aromatic rings. The second-order valence-electron chi connectivity index (χ2n) is 7.16. The first-order chi connectivity index (χ1) is 14.1. The molecule has 0 spiro atoms. The number of esters is 1. The first-order valence-corrected chi connectivity index (χ1v) is 9.69. The van der Waals surface area contributed by atoms with E-state index in [0.29, 0.717) is 25.3 Å². The van der Waals surface area contributed by atoms with Gasteiger partial charge in [0.25, 0.3) is 0 Å². The molecular weight excluding hydrogens is 368 g/mol. The lowest BCUT2D eigenvalue weighted by molar-refractivity contribution is 0.0522. The van der Waals surface area contributed by atoms with E-state index in [1.54, 1.807) is 0 Å². The molecule has 6 heteroatoms. The third-order valence-electron chi connectivity index (χ3n) is 5.02. The Morgan fingerprint density at radius 2 is 1.93 bits per heavy atom. The van der Waals surface area contributed by atoms with E-state index in [1.807, 2.05) is 63.4 Å². The number of hydrogen-bond donors (Lipinski definition) is 0. The molecule has 0 unspecified atom stereocenters. The van der Waals surface area contributed by atoms with Crippen LogP contribution in [0.4, 0.5) is 0 Å². The van der Waals surface area contributed by atoms with Crippen LogP contribution in [0.25, 0.3) is 10.9 Å². The second-order valence-corrected chi connectivity index (χ2v) is 7.16. The number of fused-ring (bicyclic) bond motifs is 2. The van der Waals surface area contributed by atoms with Gasteiger partial charge in [-0.3, -0.25) is 9.88 Å². The van der Waals surface area contributed by atoms with Gasteiger partial charge in [-0.2, -0.15) is 0 Å². The summed E-state index contributed by atoms with van der Waals surface area (Å²) in [4.78, 5) is 19.6. The summed E-state index contributed by atoms with van der Waals surface area (Å²) in [5.74, 6) is 1.21. The smallest absolute Gasteiger partial charge is 0.340 e. The molecular formula is C23H24N2O4. The molecule has 0 radical (unpaired) electrons. The summed E-state index contributed by atoms with van der Waals surface area (Å²) >= 11 is 0. The molecule has 29 heavy (non-hydrogen) atoms. The lowest BCUT2D eigenvalue weighted by Crippen LogP contribution is -2.21. The maximum absolute atomic E-state index is 12.7. The number of ether oxygens (including phenoxy) is 3. The average Bonchev–Trinajstić information content (AvgIpc) is 3.16. The summed E-state index contributed by atoms with van der Waals surface area (Å²) in [5.41, 5.74) is 4.17. The molecule has 0 bridgehead atoms. The van der Waals surface area contributed by atoms with Gasteiger partial charge in [0.2, 0.25) is 6.79 Å². The number of benzene rings is 2. The van der Waals surface area contributed by atoms with Gasteiger partial charge in [-0.05, 0) is 50.2 Å². The lowest BCUT2D eigenvalue weighted by atomic mass is 10.0. The Labute approximate surface area is 170 Å². The highest BCUT2D eigenvalue weighted by molar-refractivity contribution is 5.98. The summed E-state index contributed by atoms with van der Waals surface area (Å²) < 4.78 is 16.2. The molecule has 0 atom stereocenters. The molecule has 0 fully saturated rings. The zero-order chi connectivity index (χ0) is 20.4. The number of carbonyl (C=O) groups excluding carboxylic acids is 1. The standard InChI is InChI=1S/C23H24N2O4/c1-4-27-23(26)22-15(2)17-7-5-6-8-18(17)24-19(22)13-25(3)12-16-9-10-20-21(11-16)29-14-28-20/h5-11H,4,12-14H2,1-3H3. The Bertz CT molecular complexity index is 1060. The molecule has 0 N–H and O–H groups in total. The van der Waals surface area contributed by atoms with Gasteiger partial charge >= 0.3 is 5.97 Å². The topological polar surface area (TPSA) is 60.9 Å². The summed E-state index contributed by atoms with van der Waals surface area (Å²) in [6.45, 7) is 5.57. The SMILES string of the molecule is CCOC(=O)c1c(CN(C)Cc2ccc3c(c2)OCO3)nc2ccccc2c1C. The zero-order valence-electron chi connectivity index (χ0n) is 16.9. The van der Waals surface area contributed by atoms with Crippen molar-refractivity contribution in [1.82, 2.24) is 9.88 Å². The van der Waals surface area contributed by atoms with Crippen LogP contribution < -0.4 is 9.47 Å². The Kier molecular flexibility index (Phi) is 5.36. The number of rotatable bonds is 6. The molecule has 6 nitrogen and oxygen atoms in total. The number of nitrogens with zero attached hydrogens (tertiary/aromatic N) is 2. The first-order valence-electron chi connectivity index (χ1n) is 9.69. The van der Waals surface area contributed by atoms with Crippen molar-refractivity contribution in [3.8, 4) is 11.5 Å². The minimum absolute atomic E-state index is 0.262. The predicted octanol–water partition coefficient (Wildman–Crippen LogP) is 4.08. The molecule has 1 aliphatic heterocycles. The molecule has 4 rings (SSSR count). The molecule has 2 heterocycles. The molecule has 0 amide bonds. The van der Waals surface area contributed by atoms with Crippen LogP contribution in [0.2, 0.25) is 0 Å². The van der Waals surface area contributed by atoms with Crippen LogP contribution in [0.15, 0.2) is 42.5 Å². The highest BCUT2D eigenvalue weighted by atomic mass is 16.7. The van der Waals surface area contributed by atoms with Crippen molar-refractivity contribution in [2.24, 2.45) is 0 Å². The molecule has 0 saturated carbocycles. The van der Waals surface area contributed by atoms with Crippen molar-refractivity contribution in [2.75, 3.05) is 20.4 Å².